The van der Waals surface area contributed by atoms with Crippen molar-refractivity contribution in [2.24, 2.45) is 0 Å². The van der Waals surface area contributed by atoms with Gasteiger partial charge < -0.3 is 9.73 Å². The molecule has 1 N–H and O–H groups in total. The lowest BCUT2D eigenvalue weighted by atomic mass is 10.2. The molecule has 0 radical (unpaired) electrons. The smallest absolute Gasteiger partial charge is 0.135 e. The fraction of sp³-hybridized carbons (Fsp3) is 0.357. The Bertz CT molecular complexity index is 490. The molecule has 0 aliphatic rings. The maximum absolute atomic E-state index is 5.84. The normalized spacial score (nSPS) is 12.6. The van der Waals surface area contributed by atoms with E-state index in [4.69, 9.17) is 4.42 Å². The fourth-order valence-electron chi connectivity index (χ4n) is 1.84. The van der Waals surface area contributed by atoms with E-state index in [1.165, 1.54) is 0 Å². The summed E-state index contributed by atoms with van der Waals surface area (Å²) in [7, 11) is 0. The van der Waals surface area contributed by atoms with E-state index in [-0.39, 0.29) is 6.04 Å². The number of aryl methyl sites for hydroxylation is 1. The zero-order chi connectivity index (χ0) is 12.3. The van der Waals surface area contributed by atoms with Crippen molar-refractivity contribution in [3.63, 3.8) is 0 Å². The van der Waals surface area contributed by atoms with Gasteiger partial charge in [0.15, 0.2) is 0 Å². The summed E-state index contributed by atoms with van der Waals surface area (Å²) >= 11 is 0. The highest BCUT2D eigenvalue weighted by molar-refractivity contribution is 5.57. The molecule has 0 aliphatic carbocycles. The third-order valence-corrected chi connectivity index (χ3v) is 2.72. The van der Waals surface area contributed by atoms with Crippen LogP contribution in [-0.4, -0.2) is 11.5 Å². The number of hydrogen-bond acceptors (Lipinski definition) is 3. The van der Waals surface area contributed by atoms with Crippen molar-refractivity contribution >= 4 is 0 Å². The summed E-state index contributed by atoms with van der Waals surface area (Å²) in [6.07, 6.45) is 3.67. The van der Waals surface area contributed by atoms with E-state index in [9.17, 15) is 0 Å². The van der Waals surface area contributed by atoms with Gasteiger partial charge in [-0.05, 0) is 44.2 Å². The SMILES string of the molecule is CCNC(C)c1ccc(-c2cncc(C)c2)o1. The minimum atomic E-state index is 0.242. The number of aromatic nitrogens is 1. The van der Waals surface area contributed by atoms with Crippen LogP contribution in [0, 0.1) is 6.92 Å². The van der Waals surface area contributed by atoms with Crippen molar-refractivity contribution in [2.75, 3.05) is 6.54 Å². The Kier molecular flexibility index (Phi) is 3.59. The van der Waals surface area contributed by atoms with Gasteiger partial charge in [-0.15, -0.1) is 0 Å². The highest BCUT2D eigenvalue weighted by Gasteiger charge is 2.10. The van der Waals surface area contributed by atoms with E-state index in [0.717, 1.165) is 29.2 Å². The van der Waals surface area contributed by atoms with Gasteiger partial charge >= 0.3 is 0 Å². The monoisotopic (exact) mass is 230 g/mol. The Morgan fingerprint density at radius 1 is 1.35 bits per heavy atom. The first-order valence-corrected chi connectivity index (χ1v) is 5.96. The van der Waals surface area contributed by atoms with Gasteiger partial charge in [-0.3, -0.25) is 4.98 Å². The second-order valence-electron chi connectivity index (χ2n) is 4.23. The molecule has 0 spiro atoms. The van der Waals surface area contributed by atoms with E-state index in [2.05, 4.69) is 30.2 Å². The number of nitrogens with one attached hydrogen (secondary N) is 1. The Balaban J connectivity index is 2.23. The zero-order valence-electron chi connectivity index (χ0n) is 10.5. The fourth-order valence-corrected chi connectivity index (χ4v) is 1.84. The van der Waals surface area contributed by atoms with Crippen LogP contribution in [0.3, 0.4) is 0 Å². The molecular formula is C14H18N2O. The lowest BCUT2D eigenvalue weighted by Crippen LogP contribution is -2.16. The molecule has 3 heteroatoms. The third-order valence-electron chi connectivity index (χ3n) is 2.72. The average molecular weight is 230 g/mol. The maximum Gasteiger partial charge on any atom is 0.135 e. The maximum atomic E-state index is 5.84. The molecule has 2 aromatic heterocycles. The van der Waals surface area contributed by atoms with Crippen LogP contribution in [0.25, 0.3) is 11.3 Å². The Morgan fingerprint density at radius 2 is 2.18 bits per heavy atom. The van der Waals surface area contributed by atoms with E-state index < -0.39 is 0 Å². The largest absolute Gasteiger partial charge is 0.459 e. The summed E-state index contributed by atoms with van der Waals surface area (Å²) in [4.78, 5) is 4.18. The number of hydrogen-bond donors (Lipinski definition) is 1. The van der Waals surface area contributed by atoms with Gasteiger partial charge in [-0.1, -0.05) is 6.92 Å². The topological polar surface area (TPSA) is 38.1 Å². The molecule has 2 aromatic rings. The lowest BCUT2D eigenvalue weighted by molar-refractivity contribution is 0.445. The highest BCUT2D eigenvalue weighted by atomic mass is 16.3. The van der Waals surface area contributed by atoms with Crippen molar-refractivity contribution in [2.45, 2.75) is 26.8 Å². The molecule has 2 heterocycles. The summed E-state index contributed by atoms with van der Waals surface area (Å²) in [6.45, 7) is 7.15. The molecule has 0 amide bonds. The van der Waals surface area contributed by atoms with Crippen molar-refractivity contribution < 1.29 is 4.42 Å². The second-order valence-corrected chi connectivity index (χ2v) is 4.23. The van der Waals surface area contributed by atoms with Crippen LogP contribution in [0.4, 0.5) is 0 Å². The first-order chi connectivity index (χ1) is 8.20. The molecule has 1 unspecified atom stereocenters. The predicted octanol–water partition coefficient (Wildman–Crippen LogP) is 3.32. The first-order valence-electron chi connectivity index (χ1n) is 5.96. The second kappa shape index (κ2) is 5.15. The number of nitrogens with zero attached hydrogens (tertiary/aromatic N) is 1. The first kappa shape index (κ1) is 11.9. The summed E-state index contributed by atoms with van der Waals surface area (Å²) in [5, 5.41) is 3.33. The van der Waals surface area contributed by atoms with Crippen LogP contribution in [0.5, 0.6) is 0 Å². The molecule has 90 valence electrons. The highest BCUT2D eigenvalue weighted by Crippen LogP contribution is 2.25. The number of furan rings is 1. The minimum absolute atomic E-state index is 0.242. The Labute approximate surface area is 102 Å². The summed E-state index contributed by atoms with van der Waals surface area (Å²) in [5.74, 6) is 1.84. The van der Waals surface area contributed by atoms with Crippen molar-refractivity contribution in [1.82, 2.24) is 10.3 Å². The molecule has 0 aliphatic heterocycles. The van der Waals surface area contributed by atoms with Gasteiger partial charge in [0.1, 0.15) is 11.5 Å². The van der Waals surface area contributed by atoms with Gasteiger partial charge in [-0.2, -0.15) is 0 Å². The van der Waals surface area contributed by atoms with E-state index in [1.807, 2.05) is 31.5 Å². The molecule has 2 rings (SSSR count). The Morgan fingerprint density at radius 3 is 2.88 bits per heavy atom. The van der Waals surface area contributed by atoms with E-state index in [1.54, 1.807) is 0 Å². The molecule has 0 saturated carbocycles. The molecule has 1 atom stereocenters. The van der Waals surface area contributed by atoms with Crippen molar-refractivity contribution in [1.29, 1.82) is 0 Å². The molecule has 0 bridgehead atoms. The average Bonchev–Trinajstić information content (AvgIpc) is 2.78. The molecule has 3 nitrogen and oxygen atoms in total. The summed E-state index contributed by atoms with van der Waals surface area (Å²) < 4.78 is 5.84. The molecular weight excluding hydrogens is 212 g/mol. The zero-order valence-corrected chi connectivity index (χ0v) is 10.5. The third kappa shape index (κ3) is 2.74. The molecule has 0 saturated heterocycles. The van der Waals surface area contributed by atoms with Gasteiger partial charge in [-0.25, -0.2) is 0 Å². The van der Waals surface area contributed by atoms with E-state index in [0.29, 0.717) is 0 Å². The Hall–Kier alpha value is -1.61. The molecule has 0 fully saturated rings. The molecule has 17 heavy (non-hydrogen) atoms. The number of pyridine rings is 1. The van der Waals surface area contributed by atoms with Crippen LogP contribution >= 0.6 is 0 Å². The predicted molar refractivity (Wildman–Crippen MR) is 68.8 cm³/mol. The van der Waals surface area contributed by atoms with Crippen LogP contribution in [0.1, 0.15) is 31.2 Å². The van der Waals surface area contributed by atoms with Crippen molar-refractivity contribution in [3.8, 4) is 11.3 Å². The lowest BCUT2D eigenvalue weighted by Gasteiger charge is -2.08. The van der Waals surface area contributed by atoms with Crippen LogP contribution in [-0.2, 0) is 0 Å². The van der Waals surface area contributed by atoms with E-state index >= 15 is 0 Å². The van der Waals surface area contributed by atoms with Gasteiger partial charge in [0.05, 0.1) is 6.04 Å². The molecule has 0 aromatic carbocycles. The minimum Gasteiger partial charge on any atom is -0.459 e. The van der Waals surface area contributed by atoms with Gasteiger partial charge in [0.25, 0.3) is 0 Å². The standard InChI is InChI=1S/C14H18N2O/c1-4-16-11(3)13-5-6-14(17-13)12-7-10(2)8-15-9-12/h5-9,11,16H,4H2,1-3H3. The number of rotatable bonds is 4. The van der Waals surface area contributed by atoms with Gasteiger partial charge in [0.2, 0.25) is 0 Å². The quantitative estimate of drug-likeness (QED) is 0.875. The van der Waals surface area contributed by atoms with Crippen LogP contribution < -0.4 is 5.32 Å². The van der Waals surface area contributed by atoms with Crippen LogP contribution in [0.2, 0.25) is 0 Å². The summed E-state index contributed by atoms with van der Waals surface area (Å²) in [5.41, 5.74) is 2.17. The van der Waals surface area contributed by atoms with Crippen molar-refractivity contribution in [3.05, 3.63) is 41.9 Å². The van der Waals surface area contributed by atoms with Crippen LogP contribution in [0.15, 0.2) is 35.0 Å². The summed E-state index contributed by atoms with van der Waals surface area (Å²) in [6, 6.07) is 6.34. The van der Waals surface area contributed by atoms with Gasteiger partial charge in [0, 0.05) is 18.0 Å².